The quantitative estimate of drug-likeness (QED) is 0.591. The van der Waals surface area contributed by atoms with Crippen LogP contribution >= 0.6 is 0 Å². The van der Waals surface area contributed by atoms with Crippen molar-refractivity contribution >= 4 is 5.78 Å². The van der Waals surface area contributed by atoms with Crippen LogP contribution in [0.5, 0.6) is 5.75 Å². The van der Waals surface area contributed by atoms with Crippen molar-refractivity contribution in [2.45, 2.75) is 32.8 Å². The minimum absolute atomic E-state index is 0.0143. The van der Waals surface area contributed by atoms with Gasteiger partial charge in [0, 0.05) is 13.0 Å². The van der Waals surface area contributed by atoms with Crippen LogP contribution in [-0.2, 0) is 6.42 Å². The van der Waals surface area contributed by atoms with E-state index in [0.717, 1.165) is 24.7 Å². The van der Waals surface area contributed by atoms with Gasteiger partial charge in [0.05, 0.1) is 5.56 Å². The molecule has 6 heteroatoms. The molecule has 0 aliphatic rings. The smallest absolute Gasteiger partial charge is 0.167 e. The molecule has 0 heterocycles. The number of hydrogen-bond donors (Lipinski definition) is 1. The van der Waals surface area contributed by atoms with Crippen LogP contribution in [0.15, 0.2) is 42.5 Å². The van der Waals surface area contributed by atoms with Crippen LogP contribution in [-0.4, -0.2) is 48.1 Å². The second-order valence-corrected chi connectivity index (χ2v) is 6.64. The number of carbonyl (C=O) groups excluding carboxylic acids is 1. The minimum atomic E-state index is -0.716. The Hall–Kier alpha value is -2.31. The fourth-order valence-electron chi connectivity index (χ4n) is 2.91. The Kier molecular flexibility index (Phi) is 8.54. The molecule has 28 heavy (non-hydrogen) atoms. The Balaban J connectivity index is 2.00. The number of ketones is 1. The number of ether oxygens (including phenoxy) is 1. The van der Waals surface area contributed by atoms with Crippen LogP contribution in [0.4, 0.5) is 8.78 Å². The fraction of sp³-hybridized carbons (Fsp3) is 0.409. The van der Waals surface area contributed by atoms with Crippen molar-refractivity contribution in [2.75, 3.05) is 26.2 Å². The van der Waals surface area contributed by atoms with Gasteiger partial charge in [-0.3, -0.25) is 4.79 Å². The Morgan fingerprint density at radius 1 is 1.07 bits per heavy atom. The molecule has 0 bridgehead atoms. The van der Waals surface area contributed by atoms with Gasteiger partial charge < -0.3 is 14.7 Å². The zero-order valence-corrected chi connectivity index (χ0v) is 16.3. The Bertz CT molecular complexity index is 761. The van der Waals surface area contributed by atoms with Gasteiger partial charge >= 0.3 is 0 Å². The first-order chi connectivity index (χ1) is 13.4. The molecule has 0 aliphatic carbocycles. The third-order valence-electron chi connectivity index (χ3n) is 4.59. The first-order valence-electron chi connectivity index (χ1n) is 9.53. The number of Topliss-reactive ketones (excluding diaryl/α,β-unsaturated/α-hetero) is 1. The summed E-state index contributed by atoms with van der Waals surface area (Å²) >= 11 is 0. The lowest BCUT2D eigenvalue weighted by molar-refractivity contribution is 0.0706. The van der Waals surface area contributed by atoms with Crippen molar-refractivity contribution in [1.29, 1.82) is 0 Å². The topological polar surface area (TPSA) is 49.8 Å². The van der Waals surface area contributed by atoms with Crippen LogP contribution < -0.4 is 4.74 Å². The first-order valence-corrected chi connectivity index (χ1v) is 9.53. The number of likely N-dealkylation sites (N-methyl/N-ethyl adjacent to an activating group) is 1. The van der Waals surface area contributed by atoms with E-state index in [0.29, 0.717) is 13.0 Å². The number of benzene rings is 2. The molecule has 2 aromatic rings. The highest BCUT2D eigenvalue weighted by atomic mass is 19.1. The van der Waals surface area contributed by atoms with Crippen LogP contribution in [0.3, 0.4) is 0 Å². The highest BCUT2D eigenvalue weighted by Gasteiger charge is 2.16. The van der Waals surface area contributed by atoms with Crippen LogP contribution in [0, 0.1) is 11.6 Å². The number of nitrogens with zero attached hydrogens (tertiary/aromatic N) is 1. The van der Waals surface area contributed by atoms with E-state index in [1.807, 2.05) is 13.8 Å². The SMILES string of the molecule is CCN(CC)CC(O)COc1ccc(F)cc1C(=O)CCc1ccc(F)cc1. The predicted molar refractivity (Wildman–Crippen MR) is 105 cm³/mol. The number of hydrogen-bond acceptors (Lipinski definition) is 4. The van der Waals surface area contributed by atoms with Crippen molar-refractivity contribution in [1.82, 2.24) is 4.90 Å². The highest BCUT2D eigenvalue weighted by molar-refractivity contribution is 5.98. The molecule has 0 aromatic heterocycles. The van der Waals surface area contributed by atoms with Gasteiger partial charge in [0.25, 0.3) is 0 Å². The van der Waals surface area contributed by atoms with Gasteiger partial charge in [0.2, 0.25) is 0 Å². The van der Waals surface area contributed by atoms with Crippen LogP contribution in [0.1, 0.15) is 36.2 Å². The summed E-state index contributed by atoms with van der Waals surface area (Å²) in [4.78, 5) is 14.6. The third kappa shape index (κ3) is 6.69. The summed E-state index contributed by atoms with van der Waals surface area (Å²) in [7, 11) is 0. The van der Waals surface area contributed by atoms with E-state index < -0.39 is 11.9 Å². The maximum Gasteiger partial charge on any atom is 0.167 e. The average Bonchev–Trinajstić information content (AvgIpc) is 2.70. The average molecular weight is 391 g/mol. The van der Waals surface area contributed by atoms with Crippen molar-refractivity contribution in [3.63, 3.8) is 0 Å². The number of aliphatic hydroxyl groups is 1. The van der Waals surface area contributed by atoms with Gasteiger partial charge in [-0.2, -0.15) is 0 Å². The van der Waals surface area contributed by atoms with E-state index in [-0.39, 0.29) is 35.9 Å². The normalized spacial score (nSPS) is 12.2. The van der Waals surface area contributed by atoms with Crippen molar-refractivity contribution in [3.05, 3.63) is 65.2 Å². The molecule has 0 spiro atoms. The summed E-state index contributed by atoms with van der Waals surface area (Å²) < 4.78 is 32.3. The monoisotopic (exact) mass is 391 g/mol. The fourth-order valence-corrected chi connectivity index (χ4v) is 2.91. The highest BCUT2D eigenvalue weighted by Crippen LogP contribution is 2.22. The van der Waals surface area contributed by atoms with E-state index >= 15 is 0 Å². The standard InChI is InChI=1S/C22H27F2NO3/c1-3-25(4-2)14-19(26)15-28-22-12-10-18(24)13-20(22)21(27)11-7-16-5-8-17(23)9-6-16/h5-6,8-10,12-13,19,26H,3-4,7,11,14-15H2,1-2H3. The second-order valence-electron chi connectivity index (χ2n) is 6.64. The lowest BCUT2D eigenvalue weighted by atomic mass is 10.0. The number of carbonyl (C=O) groups is 1. The summed E-state index contributed by atoms with van der Waals surface area (Å²) in [6.07, 6.45) is -0.153. The molecule has 1 atom stereocenters. The number of aliphatic hydroxyl groups excluding tert-OH is 1. The minimum Gasteiger partial charge on any atom is -0.490 e. The molecule has 0 fully saturated rings. The molecule has 0 aliphatic heterocycles. The Labute approximate surface area is 164 Å². The lowest BCUT2D eigenvalue weighted by Gasteiger charge is -2.22. The maximum absolute atomic E-state index is 13.7. The summed E-state index contributed by atoms with van der Waals surface area (Å²) in [6, 6.07) is 9.71. The van der Waals surface area contributed by atoms with E-state index in [1.54, 1.807) is 12.1 Å². The number of rotatable bonds is 11. The summed E-state index contributed by atoms with van der Waals surface area (Å²) in [5.41, 5.74) is 0.973. The summed E-state index contributed by atoms with van der Waals surface area (Å²) in [5.74, 6) is -0.874. The maximum atomic E-state index is 13.7. The van der Waals surface area contributed by atoms with E-state index in [4.69, 9.17) is 4.74 Å². The van der Waals surface area contributed by atoms with Gasteiger partial charge in [-0.25, -0.2) is 8.78 Å². The van der Waals surface area contributed by atoms with Crippen LogP contribution in [0.25, 0.3) is 0 Å². The lowest BCUT2D eigenvalue weighted by Crippen LogP contribution is -2.35. The van der Waals surface area contributed by atoms with Gasteiger partial charge in [0.15, 0.2) is 5.78 Å². The molecule has 2 aromatic carbocycles. The summed E-state index contributed by atoms with van der Waals surface area (Å²) in [6.45, 7) is 6.13. The molecule has 2 rings (SSSR count). The molecule has 1 N–H and O–H groups in total. The van der Waals surface area contributed by atoms with E-state index in [1.165, 1.54) is 24.3 Å². The molecule has 4 nitrogen and oxygen atoms in total. The first kappa shape index (κ1) is 22.0. The largest absolute Gasteiger partial charge is 0.490 e. The van der Waals surface area contributed by atoms with Gasteiger partial charge in [-0.05, 0) is 55.4 Å². The van der Waals surface area contributed by atoms with Crippen LogP contribution in [0.2, 0.25) is 0 Å². The molecular formula is C22H27F2NO3. The van der Waals surface area contributed by atoms with Crippen molar-refractivity contribution in [3.8, 4) is 5.75 Å². The molecule has 0 saturated carbocycles. The second kappa shape index (κ2) is 10.9. The number of halogens is 2. The van der Waals surface area contributed by atoms with Crippen molar-refractivity contribution in [2.24, 2.45) is 0 Å². The molecule has 0 radical (unpaired) electrons. The number of aryl methyl sites for hydroxylation is 1. The molecule has 0 amide bonds. The zero-order chi connectivity index (χ0) is 20.5. The van der Waals surface area contributed by atoms with Crippen molar-refractivity contribution < 1.29 is 23.4 Å². The summed E-state index contributed by atoms with van der Waals surface area (Å²) in [5, 5.41) is 10.1. The molecule has 1 unspecified atom stereocenters. The molecule has 0 saturated heterocycles. The zero-order valence-electron chi connectivity index (χ0n) is 16.3. The van der Waals surface area contributed by atoms with Gasteiger partial charge in [-0.15, -0.1) is 0 Å². The predicted octanol–water partition coefficient (Wildman–Crippen LogP) is 3.86. The molecule has 152 valence electrons. The van der Waals surface area contributed by atoms with E-state index in [9.17, 15) is 18.7 Å². The van der Waals surface area contributed by atoms with E-state index in [2.05, 4.69) is 4.90 Å². The molecular weight excluding hydrogens is 364 g/mol. The Morgan fingerprint density at radius 2 is 1.71 bits per heavy atom. The van der Waals surface area contributed by atoms with Gasteiger partial charge in [0.1, 0.15) is 30.1 Å². The van der Waals surface area contributed by atoms with Gasteiger partial charge in [-0.1, -0.05) is 26.0 Å². The Morgan fingerprint density at radius 3 is 2.36 bits per heavy atom. The third-order valence-corrected chi connectivity index (χ3v) is 4.59.